The lowest BCUT2D eigenvalue weighted by molar-refractivity contribution is 0.0909. The molecule has 6 nitrogen and oxygen atoms in total. The zero-order valence-corrected chi connectivity index (χ0v) is 17.4. The summed E-state index contributed by atoms with van der Waals surface area (Å²) in [5.74, 6) is -0.341. The molecule has 0 fully saturated rings. The van der Waals surface area contributed by atoms with E-state index in [4.69, 9.17) is 4.42 Å². The number of hydrogen-bond donors (Lipinski definition) is 3. The highest BCUT2D eigenvalue weighted by molar-refractivity contribution is 7.10. The van der Waals surface area contributed by atoms with Crippen molar-refractivity contribution in [1.82, 2.24) is 16.2 Å². The summed E-state index contributed by atoms with van der Waals surface area (Å²) in [6, 6.07) is 18.4. The van der Waals surface area contributed by atoms with Crippen LogP contribution in [-0.2, 0) is 0 Å². The molecule has 3 N–H and O–H groups in total. The molecule has 0 radical (unpaired) electrons. The van der Waals surface area contributed by atoms with Crippen molar-refractivity contribution in [3.63, 3.8) is 0 Å². The maximum atomic E-state index is 12.5. The predicted octanol–water partition coefficient (Wildman–Crippen LogP) is 4.84. The molecule has 2 aromatic carbocycles. The van der Waals surface area contributed by atoms with Gasteiger partial charge in [-0.1, -0.05) is 54.1 Å². The Morgan fingerprint density at radius 2 is 1.70 bits per heavy atom. The van der Waals surface area contributed by atoms with Gasteiger partial charge in [-0.2, -0.15) is 0 Å². The molecule has 0 spiro atoms. The van der Waals surface area contributed by atoms with E-state index in [1.54, 1.807) is 17.4 Å². The molecule has 0 bridgehead atoms. The number of fused-ring (bicyclic) bond motifs is 1. The van der Waals surface area contributed by atoms with Crippen molar-refractivity contribution in [3.8, 4) is 0 Å². The third-order valence-electron chi connectivity index (χ3n) is 4.85. The zero-order valence-electron chi connectivity index (χ0n) is 16.6. The predicted molar refractivity (Wildman–Crippen MR) is 117 cm³/mol. The first-order chi connectivity index (χ1) is 14.5. The van der Waals surface area contributed by atoms with E-state index in [-0.39, 0.29) is 11.8 Å². The second kappa shape index (κ2) is 8.42. The van der Waals surface area contributed by atoms with E-state index in [1.165, 1.54) is 0 Å². The van der Waals surface area contributed by atoms with E-state index in [0.717, 1.165) is 27.0 Å². The summed E-state index contributed by atoms with van der Waals surface area (Å²) in [6.45, 7) is 3.82. The number of amides is 3. The Bertz CT molecular complexity index is 1180. The van der Waals surface area contributed by atoms with Crippen LogP contribution in [-0.4, -0.2) is 11.9 Å². The normalized spacial score (nSPS) is 11.8. The molecular weight excluding hydrogens is 398 g/mol. The van der Waals surface area contributed by atoms with Crippen molar-refractivity contribution < 1.29 is 14.0 Å². The number of rotatable bonds is 4. The number of hydrazine groups is 1. The first-order valence-corrected chi connectivity index (χ1v) is 10.4. The standard InChI is InChI=1S/C23H21N3O3S/c1-14-9-11-16(12-10-14)20(19-8-5-13-30-19)24-23(28)26-25-22(27)21-15(2)17-6-3-4-7-18(17)29-21/h3-13,20H,1-2H3,(H,25,27)(H2,24,26,28). The molecule has 30 heavy (non-hydrogen) atoms. The summed E-state index contributed by atoms with van der Waals surface area (Å²) in [6.07, 6.45) is 0. The minimum atomic E-state index is -0.518. The molecule has 4 rings (SSSR count). The SMILES string of the molecule is Cc1ccc(C(NC(=O)NNC(=O)c2oc3ccccc3c2C)c2cccs2)cc1. The molecule has 152 valence electrons. The van der Waals surface area contributed by atoms with Gasteiger partial charge in [0, 0.05) is 15.8 Å². The number of furan rings is 1. The van der Waals surface area contributed by atoms with Gasteiger partial charge in [0.2, 0.25) is 0 Å². The first-order valence-electron chi connectivity index (χ1n) is 9.48. The summed E-state index contributed by atoms with van der Waals surface area (Å²) in [7, 11) is 0. The molecule has 2 heterocycles. The van der Waals surface area contributed by atoms with Crippen molar-refractivity contribution in [2.75, 3.05) is 0 Å². The van der Waals surface area contributed by atoms with Gasteiger partial charge in [-0.05, 0) is 36.9 Å². The van der Waals surface area contributed by atoms with Gasteiger partial charge in [-0.15, -0.1) is 11.3 Å². The zero-order chi connectivity index (χ0) is 21.1. The maximum Gasteiger partial charge on any atom is 0.334 e. The lowest BCUT2D eigenvalue weighted by atomic mass is 10.0. The Hall–Kier alpha value is -3.58. The van der Waals surface area contributed by atoms with Crippen molar-refractivity contribution in [1.29, 1.82) is 0 Å². The van der Waals surface area contributed by atoms with Crippen LogP contribution in [0.4, 0.5) is 4.79 Å². The third kappa shape index (κ3) is 4.06. The maximum absolute atomic E-state index is 12.5. The Labute approximate surface area is 177 Å². The number of urea groups is 1. The summed E-state index contributed by atoms with van der Waals surface area (Å²) in [5, 5.41) is 5.74. The smallest absolute Gasteiger partial charge is 0.334 e. The lowest BCUT2D eigenvalue weighted by Gasteiger charge is -2.19. The Morgan fingerprint density at radius 3 is 2.40 bits per heavy atom. The van der Waals surface area contributed by atoms with Crippen LogP contribution in [0.25, 0.3) is 11.0 Å². The van der Waals surface area contributed by atoms with Crippen molar-refractivity contribution in [3.05, 3.63) is 93.4 Å². The molecule has 2 aromatic heterocycles. The molecule has 1 unspecified atom stereocenters. The van der Waals surface area contributed by atoms with Crippen LogP contribution in [0.3, 0.4) is 0 Å². The fourth-order valence-electron chi connectivity index (χ4n) is 3.26. The van der Waals surface area contributed by atoms with Gasteiger partial charge in [0.25, 0.3) is 0 Å². The van der Waals surface area contributed by atoms with E-state index in [1.807, 2.05) is 73.8 Å². The number of aryl methyl sites for hydroxylation is 2. The van der Waals surface area contributed by atoms with E-state index < -0.39 is 11.9 Å². The average molecular weight is 420 g/mol. The quantitative estimate of drug-likeness (QED) is 0.414. The molecule has 0 aliphatic carbocycles. The van der Waals surface area contributed by atoms with E-state index in [0.29, 0.717) is 5.58 Å². The van der Waals surface area contributed by atoms with Crippen LogP contribution in [0.1, 0.15) is 38.2 Å². The van der Waals surface area contributed by atoms with Crippen LogP contribution in [0.15, 0.2) is 70.5 Å². The number of carbonyl (C=O) groups is 2. The second-order valence-electron chi connectivity index (χ2n) is 6.96. The largest absolute Gasteiger partial charge is 0.451 e. The van der Waals surface area contributed by atoms with Gasteiger partial charge < -0.3 is 9.73 Å². The van der Waals surface area contributed by atoms with Gasteiger partial charge >= 0.3 is 11.9 Å². The lowest BCUT2D eigenvalue weighted by Crippen LogP contribution is -2.48. The minimum Gasteiger partial charge on any atom is -0.451 e. The van der Waals surface area contributed by atoms with Crippen molar-refractivity contribution in [2.45, 2.75) is 19.9 Å². The number of thiophene rings is 1. The monoisotopic (exact) mass is 419 g/mol. The third-order valence-corrected chi connectivity index (χ3v) is 5.79. The summed E-state index contributed by atoms with van der Waals surface area (Å²) < 4.78 is 5.63. The van der Waals surface area contributed by atoms with Crippen LogP contribution >= 0.6 is 11.3 Å². The number of para-hydroxylation sites is 1. The summed E-state index contributed by atoms with van der Waals surface area (Å²) in [4.78, 5) is 26.0. The molecule has 0 aliphatic rings. The summed E-state index contributed by atoms with van der Waals surface area (Å²) in [5.41, 5.74) is 8.29. The van der Waals surface area contributed by atoms with Gasteiger partial charge in [0.05, 0.1) is 6.04 Å². The van der Waals surface area contributed by atoms with E-state index in [9.17, 15) is 9.59 Å². The Kier molecular flexibility index (Phi) is 5.54. The van der Waals surface area contributed by atoms with Crippen molar-refractivity contribution >= 4 is 34.2 Å². The number of benzene rings is 2. The highest BCUT2D eigenvalue weighted by Crippen LogP contribution is 2.26. The van der Waals surface area contributed by atoms with Crippen LogP contribution in [0.2, 0.25) is 0 Å². The van der Waals surface area contributed by atoms with Crippen LogP contribution in [0, 0.1) is 13.8 Å². The van der Waals surface area contributed by atoms with Crippen molar-refractivity contribution in [2.24, 2.45) is 0 Å². The van der Waals surface area contributed by atoms with Gasteiger partial charge in [-0.25, -0.2) is 10.2 Å². The minimum absolute atomic E-state index is 0.171. The molecule has 3 amide bonds. The molecule has 0 aliphatic heterocycles. The Balaban J connectivity index is 1.45. The molecule has 0 saturated carbocycles. The fourth-order valence-corrected chi connectivity index (χ4v) is 4.06. The number of hydrogen-bond acceptors (Lipinski definition) is 4. The fraction of sp³-hybridized carbons (Fsp3) is 0.130. The van der Waals surface area contributed by atoms with Crippen LogP contribution < -0.4 is 16.2 Å². The van der Waals surface area contributed by atoms with Crippen LogP contribution in [0.5, 0.6) is 0 Å². The Morgan fingerprint density at radius 1 is 0.933 bits per heavy atom. The van der Waals surface area contributed by atoms with Gasteiger partial charge in [0.15, 0.2) is 5.76 Å². The molecule has 0 saturated heterocycles. The van der Waals surface area contributed by atoms with E-state index >= 15 is 0 Å². The highest BCUT2D eigenvalue weighted by Gasteiger charge is 2.20. The second-order valence-corrected chi connectivity index (χ2v) is 7.94. The average Bonchev–Trinajstić information content (AvgIpc) is 3.40. The number of carbonyl (C=O) groups excluding carboxylic acids is 2. The van der Waals surface area contributed by atoms with Gasteiger partial charge in [0.1, 0.15) is 5.58 Å². The molecule has 7 heteroatoms. The van der Waals surface area contributed by atoms with Gasteiger partial charge in [-0.3, -0.25) is 10.2 Å². The molecular formula is C23H21N3O3S. The van der Waals surface area contributed by atoms with E-state index in [2.05, 4.69) is 16.2 Å². The highest BCUT2D eigenvalue weighted by atomic mass is 32.1. The summed E-state index contributed by atoms with van der Waals surface area (Å²) >= 11 is 1.55. The first kappa shape index (κ1) is 19.7. The molecule has 1 atom stereocenters. The molecule has 4 aromatic rings. The topological polar surface area (TPSA) is 83.4 Å². The number of nitrogens with one attached hydrogen (secondary N) is 3.